The zero-order valence-electron chi connectivity index (χ0n) is 7.96. The molecule has 0 aliphatic carbocycles. The van der Waals surface area contributed by atoms with Gasteiger partial charge in [0.1, 0.15) is 5.82 Å². The Labute approximate surface area is 81.4 Å². The average Bonchev–Trinajstić information content (AvgIpc) is 2.72. The van der Waals surface area contributed by atoms with Gasteiger partial charge in [0.15, 0.2) is 5.82 Å². The minimum atomic E-state index is 0.451. The number of imidazole rings is 1. The molecular formula is C8H12N6. The van der Waals surface area contributed by atoms with Crippen molar-refractivity contribution in [2.45, 2.75) is 20.0 Å². The molecular weight excluding hydrogens is 180 g/mol. The fourth-order valence-corrected chi connectivity index (χ4v) is 1.27. The first-order valence-electron chi connectivity index (χ1n) is 4.39. The second-order valence-corrected chi connectivity index (χ2v) is 3.07. The summed E-state index contributed by atoms with van der Waals surface area (Å²) in [6, 6.07) is 0. The Bertz CT molecular complexity index is 415. The van der Waals surface area contributed by atoms with Crippen LogP contribution in [0.4, 0.5) is 5.82 Å². The fraction of sp³-hybridized carbons (Fsp3) is 0.375. The Morgan fingerprint density at radius 3 is 2.86 bits per heavy atom. The van der Waals surface area contributed by atoms with Gasteiger partial charge in [-0.1, -0.05) is 5.21 Å². The van der Waals surface area contributed by atoms with Crippen molar-refractivity contribution in [1.29, 1.82) is 0 Å². The summed E-state index contributed by atoms with van der Waals surface area (Å²) in [5, 5.41) is 7.56. The number of hydrogen-bond donors (Lipinski definition) is 1. The van der Waals surface area contributed by atoms with Crippen LogP contribution < -0.4 is 5.73 Å². The minimum absolute atomic E-state index is 0.451. The molecule has 0 atom stereocenters. The van der Waals surface area contributed by atoms with Gasteiger partial charge in [0.25, 0.3) is 0 Å². The van der Waals surface area contributed by atoms with Crippen LogP contribution in [0.5, 0.6) is 0 Å². The molecule has 0 unspecified atom stereocenters. The van der Waals surface area contributed by atoms with Crippen molar-refractivity contribution in [3.05, 3.63) is 24.4 Å². The van der Waals surface area contributed by atoms with Crippen LogP contribution in [0, 0.1) is 6.92 Å². The quantitative estimate of drug-likeness (QED) is 0.746. The van der Waals surface area contributed by atoms with Gasteiger partial charge in [0, 0.05) is 18.9 Å². The summed E-state index contributed by atoms with van der Waals surface area (Å²) in [4.78, 5) is 4.13. The van der Waals surface area contributed by atoms with E-state index in [2.05, 4.69) is 19.9 Å². The lowest BCUT2D eigenvalue weighted by Crippen LogP contribution is -2.08. The highest BCUT2D eigenvalue weighted by atomic mass is 15.4. The van der Waals surface area contributed by atoms with E-state index in [1.165, 1.54) is 0 Å². The van der Waals surface area contributed by atoms with Gasteiger partial charge in [0.05, 0.1) is 12.7 Å². The summed E-state index contributed by atoms with van der Waals surface area (Å²) in [6.07, 6.45) is 5.44. The summed E-state index contributed by atoms with van der Waals surface area (Å²) < 4.78 is 3.77. The number of anilines is 1. The minimum Gasteiger partial charge on any atom is -0.381 e. The highest BCUT2D eigenvalue weighted by Crippen LogP contribution is 1.97. The van der Waals surface area contributed by atoms with Crippen LogP contribution in [0.15, 0.2) is 18.6 Å². The maximum absolute atomic E-state index is 5.44. The van der Waals surface area contributed by atoms with E-state index >= 15 is 0 Å². The van der Waals surface area contributed by atoms with Crippen molar-refractivity contribution in [2.24, 2.45) is 0 Å². The molecule has 0 aliphatic rings. The van der Waals surface area contributed by atoms with Gasteiger partial charge < -0.3 is 10.3 Å². The third kappa shape index (κ3) is 1.73. The number of nitrogen functional groups attached to an aromatic ring is 1. The monoisotopic (exact) mass is 192 g/mol. The van der Waals surface area contributed by atoms with Gasteiger partial charge >= 0.3 is 0 Å². The predicted octanol–water partition coefficient (Wildman–Crippen LogP) is 0.0654. The van der Waals surface area contributed by atoms with E-state index < -0.39 is 0 Å². The Balaban J connectivity index is 1.98. The molecule has 14 heavy (non-hydrogen) atoms. The van der Waals surface area contributed by atoms with Crippen LogP contribution >= 0.6 is 0 Å². The maximum atomic E-state index is 5.44. The number of nitrogens with zero attached hydrogens (tertiary/aromatic N) is 5. The summed E-state index contributed by atoms with van der Waals surface area (Å²) >= 11 is 0. The van der Waals surface area contributed by atoms with E-state index in [1.807, 2.05) is 13.1 Å². The standard InChI is InChI=1S/C8H12N6/c1-7-10-2-3-13(7)4-5-14-6-8(9)11-12-14/h2-3,6H,4-5,9H2,1H3. The lowest BCUT2D eigenvalue weighted by molar-refractivity contribution is 0.513. The van der Waals surface area contributed by atoms with E-state index in [0.29, 0.717) is 5.82 Å². The lowest BCUT2D eigenvalue weighted by atomic mass is 10.5. The number of aromatic nitrogens is 5. The molecule has 6 heteroatoms. The van der Waals surface area contributed by atoms with Crippen molar-refractivity contribution in [3.63, 3.8) is 0 Å². The molecule has 2 aromatic heterocycles. The summed E-state index contributed by atoms with van der Waals surface area (Å²) in [5.41, 5.74) is 5.44. The molecule has 0 spiro atoms. The van der Waals surface area contributed by atoms with Crippen LogP contribution in [0.2, 0.25) is 0 Å². The Hall–Kier alpha value is -1.85. The summed E-state index contributed by atoms with van der Waals surface area (Å²) in [6.45, 7) is 3.55. The molecule has 0 saturated heterocycles. The second-order valence-electron chi connectivity index (χ2n) is 3.07. The molecule has 2 rings (SSSR count). The zero-order valence-corrected chi connectivity index (χ0v) is 7.96. The molecule has 0 saturated carbocycles. The molecule has 2 aromatic rings. The molecule has 0 aliphatic heterocycles. The first kappa shape index (κ1) is 8.74. The van der Waals surface area contributed by atoms with Crippen molar-refractivity contribution < 1.29 is 0 Å². The van der Waals surface area contributed by atoms with E-state index in [-0.39, 0.29) is 0 Å². The van der Waals surface area contributed by atoms with E-state index in [4.69, 9.17) is 5.73 Å². The third-order valence-electron chi connectivity index (χ3n) is 2.05. The van der Waals surface area contributed by atoms with Crippen molar-refractivity contribution in [2.75, 3.05) is 5.73 Å². The summed E-state index contributed by atoms with van der Waals surface area (Å²) in [5.74, 6) is 1.45. The van der Waals surface area contributed by atoms with Gasteiger partial charge in [-0.3, -0.25) is 0 Å². The van der Waals surface area contributed by atoms with E-state index in [1.54, 1.807) is 17.1 Å². The SMILES string of the molecule is Cc1nccn1CCn1cc(N)nn1. The number of aryl methyl sites for hydroxylation is 3. The predicted molar refractivity (Wildman–Crippen MR) is 51.4 cm³/mol. The first-order chi connectivity index (χ1) is 6.75. The smallest absolute Gasteiger partial charge is 0.165 e. The van der Waals surface area contributed by atoms with Crippen LogP contribution in [0.1, 0.15) is 5.82 Å². The van der Waals surface area contributed by atoms with E-state index in [0.717, 1.165) is 18.9 Å². The van der Waals surface area contributed by atoms with Gasteiger partial charge in [-0.15, -0.1) is 5.10 Å². The Morgan fingerprint density at radius 2 is 2.29 bits per heavy atom. The molecule has 0 amide bonds. The molecule has 6 nitrogen and oxygen atoms in total. The van der Waals surface area contributed by atoms with Crippen molar-refractivity contribution in [1.82, 2.24) is 24.5 Å². The molecule has 0 radical (unpaired) electrons. The van der Waals surface area contributed by atoms with Crippen LogP contribution in [0.3, 0.4) is 0 Å². The maximum Gasteiger partial charge on any atom is 0.165 e. The molecule has 2 N–H and O–H groups in total. The van der Waals surface area contributed by atoms with Crippen LogP contribution in [0.25, 0.3) is 0 Å². The van der Waals surface area contributed by atoms with Crippen molar-refractivity contribution in [3.8, 4) is 0 Å². The Kier molecular flexibility index (Phi) is 2.18. The Morgan fingerprint density at radius 1 is 1.43 bits per heavy atom. The topological polar surface area (TPSA) is 74.5 Å². The highest BCUT2D eigenvalue weighted by molar-refractivity contribution is 5.19. The average molecular weight is 192 g/mol. The highest BCUT2D eigenvalue weighted by Gasteiger charge is 1.98. The number of rotatable bonds is 3. The first-order valence-corrected chi connectivity index (χ1v) is 4.39. The number of nitrogens with two attached hydrogens (primary N) is 1. The number of hydrogen-bond acceptors (Lipinski definition) is 4. The zero-order chi connectivity index (χ0) is 9.97. The molecule has 74 valence electrons. The van der Waals surface area contributed by atoms with Crippen LogP contribution in [-0.2, 0) is 13.1 Å². The molecule has 0 bridgehead atoms. The molecule has 0 aromatic carbocycles. The summed E-state index contributed by atoms with van der Waals surface area (Å²) in [7, 11) is 0. The molecule has 2 heterocycles. The van der Waals surface area contributed by atoms with Crippen molar-refractivity contribution >= 4 is 5.82 Å². The fourth-order valence-electron chi connectivity index (χ4n) is 1.27. The molecule has 0 fully saturated rings. The second kappa shape index (κ2) is 3.49. The largest absolute Gasteiger partial charge is 0.381 e. The van der Waals surface area contributed by atoms with Gasteiger partial charge in [0.2, 0.25) is 0 Å². The van der Waals surface area contributed by atoms with Crippen LogP contribution in [-0.4, -0.2) is 24.5 Å². The van der Waals surface area contributed by atoms with E-state index in [9.17, 15) is 0 Å². The normalized spacial score (nSPS) is 10.6. The lowest BCUT2D eigenvalue weighted by Gasteiger charge is -2.03. The van der Waals surface area contributed by atoms with Gasteiger partial charge in [-0.05, 0) is 6.92 Å². The third-order valence-corrected chi connectivity index (χ3v) is 2.05. The van der Waals surface area contributed by atoms with Gasteiger partial charge in [-0.25, -0.2) is 9.67 Å². The van der Waals surface area contributed by atoms with Gasteiger partial charge in [-0.2, -0.15) is 0 Å².